The van der Waals surface area contributed by atoms with E-state index < -0.39 is 18.2 Å². The van der Waals surface area contributed by atoms with Crippen molar-refractivity contribution in [3.63, 3.8) is 0 Å². The first-order valence-electron chi connectivity index (χ1n) is 5.41. The molecule has 2 aromatic rings. The van der Waals surface area contributed by atoms with Gasteiger partial charge in [-0.25, -0.2) is 4.39 Å². The average molecular weight is 338 g/mol. The van der Waals surface area contributed by atoms with Gasteiger partial charge < -0.3 is 24.4 Å². The number of hydrogen-bond donors (Lipinski definition) is 1. The predicted octanol–water partition coefficient (Wildman–Crippen LogP) is 0.676. The minimum absolute atomic E-state index is 0. The first-order chi connectivity index (χ1) is 8.70. The summed E-state index contributed by atoms with van der Waals surface area (Å²) in [5.41, 5.74) is 1.70. The molecule has 3 heterocycles. The van der Waals surface area contributed by atoms with E-state index in [4.69, 9.17) is 9.84 Å². The molecule has 0 saturated carbocycles. The zero-order valence-electron chi connectivity index (χ0n) is 10.1. The Kier molecular flexibility index (Phi) is 4.40. The van der Waals surface area contributed by atoms with Gasteiger partial charge in [-0.05, 0) is 11.8 Å². The van der Waals surface area contributed by atoms with Crippen LogP contribution in [0.4, 0.5) is 4.39 Å². The van der Waals surface area contributed by atoms with Crippen LogP contribution in [0.25, 0.3) is 11.2 Å². The molecule has 0 unspecified atom stereocenters. The molecule has 0 aliphatic carbocycles. The molecule has 0 saturated heterocycles. The summed E-state index contributed by atoms with van der Waals surface area (Å²) >= 11 is 0. The first-order valence-corrected chi connectivity index (χ1v) is 5.41. The Balaban J connectivity index is 0.00000133. The second-order valence-electron chi connectivity index (χ2n) is 3.99. The Labute approximate surface area is 133 Å². The van der Waals surface area contributed by atoms with Gasteiger partial charge in [-0.3, -0.25) is 4.98 Å². The maximum Gasteiger partial charge on any atom is 0.179 e. The molecule has 97 valence electrons. The van der Waals surface area contributed by atoms with Crippen molar-refractivity contribution in [1.29, 1.82) is 0 Å². The van der Waals surface area contributed by atoms with Gasteiger partial charge >= 0.3 is 0 Å². The van der Waals surface area contributed by atoms with Gasteiger partial charge in [0, 0.05) is 44.6 Å². The molecule has 2 aromatic heterocycles. The summed E-state index contributed by atoms with van der Waals surface area (Å²) in [5.74, 6) is -0.468. The number of aryl methyl sites for hydroxylation is 1. The van der Waals surface area contributed by atoms with Crippen molar-refractivity contribution in [3.05, 3.63) is 30.3 Å². The van der Waals surface area contributed by atoms with Gasteiger partial charge in [0.25, 0.3) is 0 Å². The molecule has 19 heavy (non-hydrogen) atoms. The summed E-state index contributed by atoms with van der Waals surface area (Å²) in [6, 6.07) is 0. The number of aromatic nitrogens is 4. The summed E-state index contributed by atoms with van der Waals surface area (Å²) in [4.78, 5) is 12.0. The molecule has 1 radical (unpaired) electrons. The van der Waals surface area contributed by atoms with E-state index in [0.717, 1.165) is 0 Å². The van der Waals surface area contributed by atoms with Crippen molar-refractivity contribution in [3.8, 4) is 0 Å². The van der Waals surface area contributed by atoms with E-state index in [1.807, 2.05) is 0 Å². The summed E-state index contributed by atoms with van der Waals surface area (Å²) in [5, 5.41) is 8.96. The minimum atomic E-state index is -0.935. The maximum absolute atomic E-state index is 13.7. The molecular formula is C11H10FN4O2Y-. The normalized spacial score (nSPS) is 22.4. The molecular weight excluding hydrogens is 328 g/mol. The number of fused-ring (bicyclic) bond motifs is 1. The number of hydrogen-bond acceptors (Lipinski definition) is 5. The van der Waals surface area contributed by atoms with Gasteiger partial charge in [0.05, 0.1) is 18.6 Å². The molecule has 1 aliphatic rings. The third-order valence-electron chi connectivity index (χ3n) is 2.80. The van der Waals surface area contributed by atoms with Crippen LogP contribution < -0.4 is 0 Å². The first kappa shape index (κ1) is 14.6. The van der Waals surface area contributed by atoms with E-state index in [-0.39, 0.29) is 39.3 Å². The Morgan fingerprint density at radius 3 is 3.00 bits per heavy atom. The predicted molar refractivity (Wildman–Crippen MR) is 59.1 cm³/mol. The van der Waals surface area contributed by atoms with Crippen LogP contribution in [-0.2, 0) is 37.4 Å². The molecule has 0 amide bonds. The Bertz CT molecular complexity index is 630. The fourth-order valence-electron chi connectivity index (χ4n) is 1.92. The van der Waals surface area contributed by atoms with E-state index in [1.54, 1.807) is 6.92 Å². The Morgan fingerprint density at radius 2 is 2.32 bits per heavy atom. The van der Waals surface area contributed by atoms with E-state index in [9.17, 15) is 4.39 Å². The number of rotatable bonds is 2. The molecule has 8 heteroatoms. The van der Waals surface area contributed by atoms with Gasteiger partial charge in [-0.15, -0.1) is 0 Å². The van der Waals surface area contributed by atoms with Crippen LogP contribution in [-0.4, -0.2) is 37.3 Å². The van der Waals surface area contributed by atoms with Crippen molar-refractivity contribution in [1.82, 2.24) is 19.5 Å². The molecule has 1 N–H and O–H groups in total. The van der Waals surface area contributed by atoms with E-state index >= 15 is 0 Å². The zero-order valence-corrected chi connectivity index (χ0v) is 13.0. The SMILES string of the molecule is Cc1n[c-]nc2c1ncn2[C@H]1O[C@@H](CO)C=C1F.[Y]. The number of ether oxygens (including phenoxy) is 1. The number of imidazole rings is 1. The van der Waals surface area contributed by atoms with Crippen molar-refractivity contribution in [2.45, 2.75) is 19.3 Å². The Hall–Kier alpha value is -0.756. The van der Waals surface area contributed by atoms with Gasteiger partial charge in [-0.2, -0.15) is 0 Å². The van der Waals surface area contributed by atoms with E-state index in [1.165, 1.54) is 17.0 Å². The molecule has 0 fully saturated rings. The van der Waals surface area contributed by atoms with Crippen molar-refractivity contribution in [2.75, 3.05) is 6.61 Å². The summed E-state index contributed by atoms with van der Waals surface area (Å²) in [6.45, 7) is 1.51. The summed E-state index contributed by atoms with van der Waals surface area (Å²) < 4.78 is 20.5. The van der Waals surface area contributed by atoms with Crippen LogP contribution in [0.5, 0.6) is 0 Å². The molecule has 0 bridgehead atoms. The third-order valence-corrected chi connectivity index (χ3v) is 2.80. The fraction of sp³-hybridized carbons (Fsp3) is 0.364. The smallest absolute Gasteiger partial charge is 0.179 e. The largest absolute Gasteiger partial charge is 0.393 e. The molecule has 6 nitrogen and oxygen atoms in total. The van der Waals surface area contributed by atoms with Crippen molar-refractivity contribution < 1.29 is 46.9 Å². The van der Waals surface area contributed by atoms with Gasteiger partial charge in [0.15, 0.2) is 6.23 Å². The molecule has 0 spiro atoms. The average Bonchev–Trinajstić information content (AvgIpc) is 2.93. The minimum Gasteiger partial charge on any atom is -0.393 e. The molecule has 3 rings (SSSR count). The molecule has 0 aromatic carbocycles. The maximum atomic E-state index is 13.7. The fourth-order valence-corrected chi connectivity index (χ4v) is 1.92. The van der Waals surface area contributed by atoms with Crippen LogP contribution in [0.1, 0.15) is 11.9 Å². The van der Waals surface area contributed by atoms with Crippen LogP contribution in [0.2, 0.25) is 0 Å². The van der Waals surface area contributed by atoms with Crippen LogP contribution in [0.3, 0.4) is 0 Å². The quantitative estimate of drug-likeness (QED) is 0.815. The second kappa shape index (κ2) is 5.70. The van der Waals surface area contributed by atoms with Crippen molar-refractivity contribution in [2.24, 2.45) is 0 Å². The van der Waals surface area contributed by atoms with Gasteiger partial charge in [0.2, 0.25) is 0 Å². The van der Waals surface area contributed by atoms with Gasteiger partial charge in [0.1, 0.15) is 11.9 Å². The number of aliphatic hydroxyl groups is 1. The zero-order chi connectivity index (χ0) is 12.7. The van der Waals surface area contributed by atoms with Gasteiger partial charge in [-0.1, -0.05) is 6.92 Å². The number of halogens is 1. The Morgan fingerprint density at radius 1 is 1.53 bits per heavy atom. The van der Waals surface area contributed by atoms with E-state index in [0.29, 0.717) is 16.9 Å². The number of aliphatic hydroxyl groups excluding tert-OH is 1. The monoisotopic (exact) mass is 338 g/mol. The number of nitrogens with zero attached hydrogens (tertiary/aromatic N) is 4. The second-order valence-corrected chi connectivity index (χ2v) is 3.99. The van der Waals surface area contributed by atoms with E-state index in [2.05, 4.69) is 21.3 Å². The van der Waals surface area contributed by atoms with Crippen molar-refractivity contribution >= 4 is 11.2 Å². The standard InChI is InChI=1S/C11H10FN4O2.Y/c1-6-9-10(14-4-13-6)16(5-15-9)11-8(12)2-7(3-17)18-11;/h2,5,7,11,17H,3H2,1H3;/q-1;/t7-,11+;/m1./s1. The summed E-state index contributed by atoms with van der Waals surface area (Å²) in [7, 11) is 0. The molecule has 2 atom stereocenters. The topological polar surface area (TPSA) is 73.1 Å². The van der Waals surface area contributed by atoms with Crippen LogP contribution >= 0.6 is 0 Å². The third kappa shape index (κ3) is 2.47. The summed E-state index contributed by atoms with van der Waals surface area (Å²) in [6.07, 6.45) is 3.60. The van der Waals surface area contributed by atoms with Crippen LogP contribution in [0.15, 0.2) is 18.2 Å². The van der Waals surface area contributed by atoms with Crippen LogP contribution in [0, 0.1) is 13.3 Å². The molecule has 1 aliphatic heterocycles.